The van der Waals surface area contributed by atoms with Crippen molar-refractivity contribution in [2.75, 3.05) is 20.3 Å². The average molecular weight is 559 g/mol. The number of hydrazone groups is 1. The van der Waals surface area contributed by atoms with Gasteiger partial charge in [-0.1, -0.05) is 19.1 Å². The molecular formula is C27H28BrFN2O5. The Balaban J connectivity index is 1.68. The maximum absolute atomic E-state index is 13.4. The number of ether oxygens (including phenoxy) is 4. The van der Waals surface area contributed by atoms with Crippen molar-refractivity contribution in [3.05, 3.63) is 81.6 Å². The highest BCUT2D eigenvalue weighted by molar-refractivity contribution is 9.10. The van der Waals surface area contributed by atoms with Gasteiger partial charge in [0.05, 0.1) is 31.0 Å². The van der Waals surface area contributed by atoms with E-state index in [2.05, 4.69) is 26.5 Å². The van der Waals surface area contributed by atoms with E-state index in [1.807, 2.05) is 13.8 Å². The highest BCUT2D eigenvalue weighted by atomic mass is 79.9. The van der Waals surface area contributed by atoms with E-state index in [1.54, 1.807) is 42.5 Å². The minimum absolute atomic E-state index is 0.169. The molecule has 0 spiro atoms. The fourth-order valence-electron chi connectivity index (χ4n) is 3.22. The van der Waals surface area contributed by atoms with Crippen molar-refractivity contribution in [1.82, 2.24) is 5.43 Å². The van der Waals surface area contributed by atoms with Crippen LogP contribution in [0.15, 0.2) is 64.2 Å². The zero-order valence-corrected chi connectivity index (χ0v) is 21.9. The highest BCUT2D eigenvalue weighted by Gasteiger charge is 2.13. The van der Waals surface area contributed by atoms with E-state index in [4.69, 9.17) is 18.9 Å². The van der Waals surface area contributed by atoms with Gasteiger partial charge in [0.25, 0.3) is 5.91 Å². The first kappa shape index (κ1) is 27.0. The lowest BCUT2D eigenvalue weighted by Crippen LogP contribution is -2.17. The minimum Gasteiger partial charge on any atom is -0.493 e. The summed E-state index contributed by atoms with van der Waals surface area (Å²) < 4.78 is 36.6. The van der Waals surface area contributed by atoms with Gasteiger partial charge in [-0.25, -0.2) is 9.82 Å². The number of hydrogen-bond acceptors (Lipinski definition) is 6. The third-order valence-electron chi connectivity index (χ3n) is 4.87. The van der Waals surface area contributed by atoms with Crippen molar-refractivity contribution >= 4 is 28.1 Å². The van der Waals surface area contributed by atoms with Crippen molar-refractivity contribution in [2.24, 2.45) is 5.10 Å². The van der Waals surface area contributed by atoms with Crippen LogP contribution in [0.1, 0.15) is 41.8 Å². The van der Waals surface area contributed by atoms with Gasteiger partial charge < -0.3 is 18.9 Å². The molecule has 190 valence electrons. The summed E-state index contributed by atoms with van der Waals surface area (Å²) >= 11 is 3.48. The molecule has 7 nitrogen and oxygen atoms in total. The Morgan fingerprint density at radius 2 is 1.86 bits per heavy atom. The van der Waals surface area contributed by atoms with Gasteiger partial charge in [-0.3, -0.25) is 4.79 Å². The summed E-state index contributed by atoms with van der Waals surface area (Å²) in [5.41, 5.74) is 4.25. The van der Waals surface area contributed by atoms with Gasteiger partial charge in [-0.05, 0) is 82.9 Å². The van der Waals surface area contributed by atoms with Crippen LogP contribution in [0.2, 0.25) is 0 Å². The Hall–Kier alpha value is -3.59. The smallest absolute Gasteiger partial charge is 0.271 e. The molecule has 3 aromatic carbocycles. The fourth-order valence-corrected chi connectivity index (χ4v) is 3.79. The van der Waals surface area contributed by atoms with E-state index in [0.717, 1.165) is 6.42 Å². The molecule has 9 heteroatoms. The number of benzene rings is 3. The molecule has 1 amide bonds. The van der Waals surface area contributed by atoms with Gasteiger partial charge >= 0.3 is 0 Å². The summed E-state index contributed by atoms with van der Waals surface area (Å²) in [5.74, 6) is 1.30. The van der Waals surface area contributed by atoms with Crippen molar-refractivity contribution in [1.29, 1.82) is 0 Å². The van der Waals surface area contributed by atoms with Crippen molar-refractivity contribution < 1.29 is 28.1 Å². The van der Waals surface area contributed by atoms with Crippen LogP contribution in [0.25, 0.3) is 0 Å². The number of carbonyl (C=O) groups is 1. The number of amides is 1. The standard InChI is InChI=1S/C27H28BrFN2O5/c1-4-11-35-23-10-9-20(15-24(23)34-5-2)27(32)31-30-16-19-13-22(28)26(25(14-19)33-3)36-17-18-7-6-8-21(29)12-18/h6-10,12-16H,4-5,11,17H2,1-3H3,(H,31,32)/b30-16+. The van der Waals surface area contributed by atoms with E-state index < -0.39 is 5.91 Å². The second-order valence-corrected chi connectivity index (χ2v) is 8.45. The summed E-state index contributed by atoms with van der Waals surface area (Å²) in [6.45, 7) is 5.06. The number of hydrogen-bond donors (Lipinski definition) is 1. The Bertz CT molecular complexity index is 1220. The maximum Gasteiger partial charge on any atom is 0.271 e. The van der Waals surface area contributed by atoms with Crippen molar-refractivity contribution in [3.63, 3.8) is 0 Å². The van der Waals surface area contributed by atoms with Crippen molar-refractivity contribution in [3.8, 4) is 23.0 Å². The molecule has 0 aliphatic carbocycles. The van der Waals surface area contributed by atoms with E-state index >= 15 is 0 Å². The summed E-state index contributed by atoms with van der Waals surface area (Å²) in [6, 6.07) is 14.7. The van der Waals surface area contributed by atoms with Gasteiger partial charge in [0, 0.05) is 5.56 Å². The Morgan fingerprint density at radius 3 is 2.58 bits per heavy atom. The van der Waals surface area contributed by atoms with Crippen LogP contribution in [0.4, 0.5) is 4.39 Å². The molecule has 0 radical (unpaired) electrons. The quantitative estimate of drug-likeness (QED) is 0.214. The van der Waals surface area contributed by atoms with Gasteiger partial charge in [-0.2, -0.15) is 5.10 Å². The Kier molecular flexibility index (Phi) is 10.1. The van der Waals surface area contributed by atoms with Crippen LogP contribution in [-0.4, -0.2) is 32.4 Å². The van der Waals surface area contributed by atoms with Crippen LogP contribution >= 0.6 is 15.9 Å². The zero-order valence-electron chi connectivity index (χ0n) is 20.3. The minimum atomic E-state index is -0.393. The highest BCUT2D eigenvalue weighted by Crippen LogP contribution is 2.37. The largest absolute Gasteiger partial charge is 0.493 e. The molecule has 3 aromatic rings. The van der Waals surface area contributed by atoms with Crippen LogP contribution < -0.4 is 24.4 Å². The van der Waals surface area contributed by atoms with Gasteiger partial charge in [0.1, 0.15) is 12.4 Å². The molecule has 0 fully saturated rings. The lowest BCUT2D eigenvalue weighted by molar-refractivity contribution is 0.0954. The van der Waals surface area contributed by atoms with Crippen LogP contribution in [-0.2, 0) is 6.61 Å². The first-order valence-electron chi connectivity index (χ1n) is 11.4. The zero-order chi connectivity index (χ0) is 25.9. The normalized spacial score (nSPS) is 10.8. The third kappa shape index (κ3) is 7.45. The SMILES string of the molecule is CCCOc1ccc(C(=O)N/N=C/c2cc(Br)c(OCc3cccc(F)c3)c(OC)c2)cc1OCC. The molecule has 0 aromatic heterocycles. The lowest BCUT2D eigenvalue weighted by Gasteiger charge is -2.13. The van der Waals surface area contributed by atoms with E-state index in [-0.39, 0.29) is 12.4 Å². The van der Waals surface area contributed by atoms with Crippen LogP contribution in [0.5, 0.6) is 23.0 Å². The van der Waals surface area contributed by atoms with E-state index in [1.165, 1.54) is 25.5 Å². The summed E-state index contributed by atoms with van der Waals surface area (Å²) in [7, 11) is 1.52. The monoisotopic (exact) mass is 558 g/mol. The van der Waals surface area contributed by atoms with Crippen molar-refractivity contribution in [2.45, 2.75) is 26.9 Å². The molecule has 1 N–H and O–H groups in total. The average Bonchev–Trinajstić information content (AvgIpc) is 2.87. The number of halogens is 2. The molecular weight excluding hydrogens is 531 g/mol. The molecule has 0 saturated carbocycles. The topological polar surface area (TPSA) is 78.4 Å². The molecule has 0 saturated heterocycles. The second-order valence-electron chi connectivity index (χ2n) is 7.59. The van der Waals surface area contributed by atoms with Crippen LogP contribution in [0.3, 0.4) is 0 Å². The number of rotatable bonds is 12. The van der Waals surface area contributed by atoms with E-state index in [0.29, 0.717) is 57.4 Å². The summed E-state index contributed by atoms with van der Waals surface area (Å²) in [4.78, 5) is 12.6. The molecule has 36 heavy (non-hydrogen) atoms. The fraction of sp³-hybridized carbons (Fsp3) is 0.259. The summed E-state index contributed by atoms with van der Waals surface area (Å²) in [5, 5.41) is 4.06. The molecule has 0 atom stereocenters. The predicted molar refractivity (Wildman–Crippen MR) is 140 cm³/mol. The first-order valence-corrected chi connectivity index (χ1v) is 12.2. The maximum atomic E-state index is 13.4. The molecule has 3 rings (SSSR count). The molecule has 0 heterocycles. The second kappa shape index (κ2) is 13.5. The number of methoxy groups -OCH3 is 1. The number of carbonyl (C=O) groups excluding carboxylic acids is 1. The molecule has 0 bridgehead atoms. The van der Waals surface area contributed by atoms with Gasteiger partial charge in [-0.15, -0.1) is 0 Å². The van der Waals surface area contributed by atoms with Crippen LogP contribution in [0, 0.1) is 5.82 Å². The third-order valence-corrected chi connectivity index (χ3v) is 5.46. The lowest BCUT2D eigenvalue weighted by atomic mass is 10.2. The predicted octanol–water partition coefficient (Wildman–Crippen LogP) is 6.13. The Labute approximate surface area is 218 Å². The molecule has 0 aliphatic rings. The Morgan fingerprint density at radius 1 is 1.03 bits per heavy atom. The van der Waals surface area contributed by atoms with Gasteiger partial charge in [0.15, 0.2) is 23.0 Å². The molecule has 0 unspecified atom stereocenters. The van der Waals surface area contributed by atoms with Gasteiger partial charge in [0.2, 0.25) is 0 Å². The first-order chi connectivity index (χ1) is 17.4. The summed E-state index contributed by atoms with van der Waals surface area (Å²) in [6.07, 6.45) is 2.35. The number of nitrogens with zero attached hydrogens (tertiary/aromatic N) is 1. The number of nitrogens with one attached hydrogen (secondary N) is 1. The van der Waals surface area contributed by atoms with E-state index in [9.17, 15) is 9.18 Å². The molecule has 0 aliphatic heterocycles.